The van der Waals surface area contributed by atoms with Gasteiger partial charge in [0, 0.05) is 0 Å². The molecular weight excluding hydrogens is 260 g/mol. The molecule has 102 valence electrons. The van der Waals surface area contributed by atoms with Crippen LogP contribution in [0.15, 0.2) is 48.5 Å². The van der Waals surface area contributed by atoms with Gasteiger partial charge in [0.25, 0.3) is 0 Å². The minimum absolute atomic E-state index is 0.0640. The maximum absolute atomic E-state index is 11.9. The zero-order valence-electron chi connectivity index (χ0n) is 10.7. The van der Waals surface area contributed by atoms with E-state index in [1.165, 1.54) is 25.3 Å². The molecule has 0 fully saturated rings. The number of para-hydroxylation sites is 1. The number of carbonyl (C=O) groups excluding carboxylic acids is 2. The van der Waals surface area contributed by atoms with Gasteiger partial charge in [-0.1, -0.05) is 24.3 Å². The highest BCUT2D eigenvalue weighted by molar-refractivity contribution is 5.95. The van der Waals surface area contributed by atoms with Crippen LogP contribution in [0.2, 0.25) is 0 Å². The number of benzene rings is 2. The Kier molecular flexibility index (Phi) is 4.00. The van der Waals surface area contributed by atoms with Crippen LogP contribution in [0.3, 0.4) is 0 Å². The van der Waals surface area contributed by atoms with Gasteiger partial charge in [-0.25, -0.2) is 9.59 Å². The Labute approximate surface area is 115 Å². The number of esters is 2. The summed E-state index contributed by atoms with van der Waals surface area (Å²) in [6.45, 7) is 0. The summed E-state index contributed by atoms with van der Waals surface area (Å²) in [5.41, 5.74) is 0.279. The van der Waals surface area contributed by atoms with E-state index in [2.05, 4.69) is 4.74 Å². The molecule has 0 spiro atoms. The van der Waals surface area contributed by atoms with E-state index in [9.17, 15) is 14.7 Å². The minimum atomic E-state index is -0.708. The van der Waals surface area contributed by atoms with Crippen LogP contribution in [0.25, 0.3) is 0 Å². The van der Waals surface area contributed by atoms with Gasteiger partial charge >= 0.3 is 11.9 Å². The number of rotatable bonds is 3. The normalized spacial score (nSPS) is 9.85. The topological polar surface area (TPSA) is 72.8 Å². The molecule has 20 heavy (non-hydrogen) atoms. The van der Waals surface area contributed by atoms with Crippen LogP contribution in [-0.4, -0.2) is 24.2 Å². The van der Waals surface area contributed by atoms with Crippen molar-refractivity contribution in [2.24, 2.45) is 0 Å². The first-order valence-electron chi connectivity index (χ1n) is 5.81. The fourth-order valence-electron chi connectivity index (χ4n) is 1.61. The van der Waals surface area contributed by atoms with Crippen LogP contribution in [0.5, 0.6) is 11.5 Å². The Bertz CT molecular complexity index is 634. The Morgan fingerprint density at radius 2 is 1.65 bits per heavy atom. The quantitative estimate of drug-likeness (QED) is 0.686. The van der Waals surface area contributed by atoms with E-state index >= 15 is 0 Å². The van der Waals surface area contributed by atoms with Crippen LogP contribution in [0, 0.1) is 0 Å². The van der Waals surface area contributed by atoms with Gasteiger partial charge < -0.3 is 14.6 Å². The lowest BCUT2D eigenvalue weighted by Gasteiger charge is -2.08. The first-order chi connectivity index (χ1) is 9.63. The van der Waals surface area contributed by atoms with E-state index < -0.39 is 17.7 Å². The highest BCUT2D eigenvalue weighted by atomic mass is 16.5. The molecular formula is C15H12O5. The second kappa shape index (κ2) is 5.88. The summed E-state index contributed by atoms with van der Waals surface area (Å²) >= 11 is 0. The molecule has 0 heterocycles. The van der Waals surface area contributed by atoms with Crippen LogP contribution >= 0.6 is 0 Å². The average Bonchev–Trinajstić information content (AvgIpc) is 2.49. The first-order valence-corrected chi connectivity index (χ1v) is 5.81. The summed E-state index contributed by atoms with van der Waals surface area (Å²) in [6, 6.07) is 12.6. The van der Waals surface area contributed by atoms with Gasteiger partial charge in [0.2, 0.25) is 0 Å². The average molecular weight is 272 g/mol. The van der Waals surface area contributed by atoms with Gasteiger partial charge in [0.15, 0.2) is 11.5 Å². The summed E-state index contributed by atoms with van der Waals surface area (Å²) in [6.07, 6.45) is 0. The molecule has 0 aromatic heterocycles. The number of carbonyl (C=O) groups is 2. The first kappa shape index (κ1) is 13.6. The third-order valence-electron chi connectivity index (χ3n) is 2.62. The van der Waals surface area contributed by atoms with Gasteiger partial charge in [-0.15, -0.1) is 0 Å². The lowest BCUT2D eigenvalue weighted by atomic mass is 10.2. The number of hydrogen-bond acceptors (Lipinski definition) is 5. The molecule has 1 N–H and O–H groups in total. The van der Waals surface area contributed by atoms with Gasteiger partial charge in [0.05, 0.1) is 12.7 Å². The molecule has 0 aliphatic rings. The molecule has 0 saturated heterocycles. The van der Waals surface area contributed by atoms with Crippen molar-refractivity contribution in [3.05, 3.63) is 59.7 Å². The number of phenols is 1. The lowest BCUT2D eigenvalue weighted by molar-refractivity contribution is 0.0593. The Morgan fingerprint density at radius 1 is 0.950 bits per heavy atom. The predicted molar refractivity (Wildman–Crippen MR) is 70.8 cm³/mol. The Morgan fingerprint density at radius 3 is 2.30 bits per heavy atom. The maximum atomic E-state index is 11.9. The van der Waals surface area contributed by atoms with Crippen molar-refractivity contribution in [2.45, 2.75) is 0 Å². The molecule has 0 radical (unpaired) electrons. The summed E-state index contributed by atoms with van der Waals surface area (Å²) in [5, 5.41) is 9.91. The van der Waals surface area contributed by atoms with Crippen molar-refractivity contribution >= 4 is 11.9 Å². The third-order valence-corrected chi connectivity index (χ3v) is 2.62. The Balaban J connectivity index is 2.26. The lowest BCUT2D eigenvalue weighted by Crippen LogP contribution is -2.09. The van der Waals surface area contributed by atoms with Crippen LogP contribution in [0.4, 0.5) is 0 Å². The van der Waals surface area contributed by atoms with Gasteiger partial charge in [-0.2, -0.15) is 0 Å². The summed E-state index contributed by atoms with van der Waals surface area (Å²) in [7, 11) is 1.20. The standard InChI is InChI=1S/C15H12O5/c1-19-15(18)11-8-5-9-12(13(11)16)20-14(17)10-6-3-2-4-7-10/h2-9,16H,1H3. The third kappa shape index (κ3) is 2.77. The van der Waals surface area contributed by atoms with Gasteiger partial charge in [-0.05, 0) is 24.3 Å². The van der Waals surface area contributed by atoms with E-state index in [-0.39, 0.29) is 11.3 Å². The predicted octanol–water partition coefficient (Wildman–Crippen LogP) is 2.40. The highest BCUT2D eigenvalue weighted by Gasteiger charge is 2.18. The molecule has 0 aliphatic carbocycles. The molecule has 5 heteroatoms. The smallest absolute Gasteiger partial charge is 0.343 e. The molecule has 0 bridgehead atoms. The van der Waals surface area contributed by atoms with Crippen LogP contribution in [0.1, 0.15) is 20.7 Å². The summed E-state index contributed by atoms with van der Waals surface area (Å²) in [5.74, 6) is -1.85. The zero-order valence-corrected chi connectivity index (χ0v) is 10.7. The molecule has 0 aliphatic heterocycles. The summed E-state index contributed by atoms with van der Waals surface area (Å²) in [4.78, 5) is 23.3. The fraction of sp³-hybridized carbons (Fsp3) is 0.0667. The van der Waals surface area contributed by atoms with Crippen molar-refractivity contribution in [3.63, 3.8) is 0 Å². The number of hydrogen-bond donors (Lipinski definition) is 1. The van der Waals surface area contributed by atoms with E-state index in [1.54, 1.807) is 30.3 Å². The van der Waals surface area contributed by atoms with Crippen molar-refractivity contribution < 1.29 is 24.2 Å². The molecule has 0 atom stereocenters. The molecule has 0 saturated carbocycles. The van der Waals surface area contributed by atoms with Crippen LogP contribution < -0.4 is 4.74 Å². The molecule has 5 nitrogen and oxygen atoms in total. The number of aromatic hydroxyl groups is 1. The number of methoxy groups -OCH3 is 1. The molecule has 0 unspecified atom stereocenters. The van der Waals surface area contributed by atoms with E-state index in [4.69, 9.17) is 4.74 Å². The fourth-order valence-corrected chi connectivity index (χ4v) is 1.61. The summed E-state index contributed by atoms with van der Waals surface area (Å²) < 4.78 is 9.59. The second-order valence-corrected chi connectivity index (χ2v) is 3.90. The van der Waals surface area contributed by atoms with E-state index in [0.29, 0.717) is 5.56 Å². The molecule has 2 rings (SSSR count). The number of phenolic OH excluding ortho intramolecular Hbond substituents is 1. The van der Waals surface area contributed by atoms with E-state index in [1.807, 2.05) is 0 Å². The molecule has 0 amide bonds. The van der Waals surface area contributed by atoms with Gasteiger partial charge in [0.1, 0.15) is 5.56 Å². The van der Waals surface area contributed by atoms with Crippen molar-refractivity contribution in [1.82, 2.24) is 0 Å². The Hall–Kier alpha value is -2.82. The number of ether oxygens (including phenoxy) is 2. The van der Waals surface area contributed by atoms with Gasteiger partial charge in [-0.3, -0.25) is 0 Å². The molecule has 2 aromatic carbocycles. The minimum Gasteiger partial charge on any atom is -0.504 e. The molecule has 2 aromatic rings. The van der Waals surface area contributed by atoms with Crippen molar-refractivity contribution in [2.75, 3.05) is 7.11 Å². The SMILES string of the molecule is COC(=O)c1cccc(OC(=O)c2ccccc2)c1O. The van der Waals surface area contributed by atoms with Crippen molar-refractivity contribution in [1.29, 1.82) is 0 Å². The van der Waals surface area contributed by atoms with Crippen molar-refractivity contribution in [3.8, 4) is 11.5 Å². The second-order valence-electron chi connectivity index (χ2n) is 3.90. The largest absolute Gasteiger partial charge is 0.504 e. The maximum Gasteiger partial charge on any atom is 0.343 e. The van der Waals surface area contributed by atoms with E-state index in [0.717, 1.165) is 0 Å². The highest BCUT2D eigenvalue weighted by Crippen LogP contribution is 2.30. The monoisotopic (exact) mass is 272 g/mol. The zero-order chi connectivity index (χ0) is 14.5. The van der Waals surface area contributed by atoms with Crippen LogP contribution in [-0.2, 0) is 4.74 Å².